The van der Waals surface area contributed by atoms with Gasteiger partial charge in [-0.25, -0.2) is 4.79 Å². The van der Waals surface area contributed by atoms with Gasteiger partial charge in [-0.05, 0) is 42.0 Å². The number of carboxylic acid groups (broad SMARTS) is 1. The molecular formula is C30H39N3O7. The second-order valence-electron chi connectivity index (χ2n) is 10.3. The van der Waals surface area contributed by atoms with Gasteiger partial charge in [-0.1, -0.05) is 56.3 Å². The minimum Gasteiger partial charge on any atom is -0.508 e. The molecule has 3 atom stereocenters. The van der Waals surface area contributed by atoms with E-state index in [1.165, 1.54) is 12.1 Å². The molecule has 40 heavy (non-hydrogen) atoms. The number of phenols is 1. The van der Waals surface area contributed by atoms with Crippen LogP contribution in [0.5, 0.6) is 5.75 Å². The summed E-state index contributed by atoms with van der Waals surface area (Å²) in [6.07, 6.45) is 0.258. The minimum absolute atomic E-state index is 0.0313. The Morgan fingerprint density at radius 2 is 1.38 bits per heavy atom. The largest absolute Gasteiger partial charge is 0.508 e. The molecule has 0 aliphatic heterocycles. The fourth-order valence-electron chi connectivity index (χ4n) is 4.12. The van der Waals surface area contributed by atoms with Crippen LogP contribution in [0.2, 0.25) is 0 Å². The van der Waals surface area contributed by atoms with Crippen molar-refractivity contribution in [2.75, 3.05) is 0 Å². The number of hydrogen-bond acceptors (Lipinski definition) is 7. The van der Waals surface area contributed by atoms with Gasteiger partial charge in [0.05, 0.1) is 6.04 Å². The van der Waals surface area contributed by atoms with Gasteiger partial charge in [0.25, 0.3) is 0 Å². The van der Waals surface area contributed by atoms with Crippen LogP contribution < -0.4 is 16.4 Å². The van der Waals surface area contributed by atoms with E-state index < -0.39 is 35.9 Å². The van der Waals surface area contributed by atoms with Crippen LogP contribution in [0, 0.1) is 5.92 Å². The molecule has 0 bridgehead atoms. The number of benzene rings is 2. The van der Waals surface area contributed by atoms with Crippen molar-refractivity contribution in [2.24, 2.45) is 11.7 Å². The van der Waals surface area contributed by atoms with Gasteiger partial charge >= 0.3 is 5.97 Å². The first-order valence-corrected chi connectivity index (χ1v) is 13.4. The lowest BCUT2D eigenvalue weighted by Gasteiger charge is -2.22. The quantitative estimate of drug-likeness (QED) is 0.198. The zero-order valence-corrected chi connectivity index (χ0v) is 23.0. The number of hydrogen-bond donors (Lipinski definition) is 5. The van der Waals surface area contributed by atoms with E-state index in [0.29, 0.717) is 0 Å². The van der Waals surface area contributed by atoms with E-state index in [9.17, 15) is 34.2 Å². The van der Waals surface area contributed by atoms with Crippen molar-refractivity contribution in [3.8, 4) is 5.75 Å². The highest BCUT2D eigenvalue weighted by Crippen LogP contribution is 2.12. The summed E-state index contributed by atoms with van der Waals surface area (Å²) in [7, 11) is 0. The molecule has 0 radical (unpaired) electrons. The predicted molar refractivity (Wildman–Crippen MR) is 149 cm³/mol. The Hall–Kier alpha value is -4.05. The monoisotopic (exact) mass is 553 g/mol. The first-order valence-electron chi connectivity index (χ1n) is 13.4. The van der Waals surface area contributed by atoms with E-state index in [4.69, 9.17) is 5.73 Å². The van der Waals surface area contributed by atoms with Crippen molar-refractivity contribution in [2.45, 2.75) is 76.9 Å². The molecular weight excluding hydrogens is 514 g/mol. The fourth-order valence-corrected chi connectivity index (χ4v) is 4.12. The lowest BCUT2D eigenvalue weighted by Crippen LogP contribution is -2.52. The standard InChI is InChI=1S/C30H39N3O7/c1-19(2)16-26(30(39)40)33-29(38)25(18-20-6-4-3-5-7-20)32-28(37)15-13-23(35)12-14-27(36)24(31)17-21-8-10-22(34)11-9-21/h3-11,19,24-26,34H,12-18,31H2,1-2H3,(H,32,37)(H,33,38)(H,39,40). The number of aliphatic carboxylic acids is 1. The van der Waals surface area contributed by atoms with Crippen LogP contribution in [0.15, 0.2) is 54.6 Å². The maximum atomic E-state index is 13.0. The summed E-state index contributed by atoms with van der Waals surface area (Å²) in [6, 6.07) is 12.4. The second kappa shape index (κ2) is 16.1. The third kappa shape index (κ3) is 11.8. The van der Waals surface area contributed by atoms with Gasteiger partial charge < -0.3 is 26.6 Å². The number of ketones is 2. The smallest absolute Gasteiger partial charge is 0.326 e. The van der Waals surface area contributed by atoms with Gasteiger partial charge in [0.15, 0.2) is 0 Å². The molecule has 2 aromatic carbocycles. The van der Waals surface area contributed by atoms with E-state index in [2.05, 4.69) is 10.6 Å². The van der Waals surface area contributed by atoms with Gasteiger partial charge in [-0.3, -0.25) is 19.2 Å². The van der Waals surface area contributed by atoms with Crippen LogP contribution in [-0.2, 0) is 36.8 Å². The van der Waals surface area contributed by atoms with Gasteiger partial charge in [0, 0.05) is 32.1 Å². The van der Waals surface area contributed by atoms with Gasteiger partial charge in [-0.2, -0.15) is 0 Å². The molecule has 216 valence electrons. The van der Waals surface area contributed by atoms with E-state index in [0.717, 1.165) is 11.1 Å². The van der Waals surface area contributed by atoms with E-state index >= 15 is 0 Å². The molecule has 0 heterocycles. The number of carbonyl (C=O) groups is 5. The molecule has 0 saturated carbocycles. The molecule has 3 unspecified atom stereocenters. The molecule has 0 fully saturated rings. The SMILES string of the molecule is CC(C)CC(NC(=O)C(Cc1ccccc1)NC(=O)CCC(=O)CCC(=O)C(N)Cc1ccc(O)cc1)C(=O)O. The van der Waals surface area contributed by atoms with Crippen molar-refractivity contribution in [3.05, 3.63) is 65.7 Å². The van der Waals surface area contributed by atoms with Crippen LogP contribution in [0.25, 0.3) is 0 Å². The van der Waals surface area contributed by atoms with Crippen LogP contribution in [0.4, 0.5) is 0 Å². The molecule has 10 nitrogen and oxygen atoms in total. The van der Waals surface area contributed by atoms with Crippen LogP contribution in [-0.4, -0.2) is 57.7 Å². The Morgan fingerprint density at radius 3 is 1.98 bits per heavy atom. The number of nitrogens with two attached hydrogens (primary N) is 1. The van der Waals surface area contributed by atoms with Crippen LogP contribution in [0.3, 0.4) is 0 Å². The first-order chi connectivity index (χ1) is 18.9. The second-order valence-corrected chi connectivity index (χ2v) is 10.3. The number of aromatic hydroxyl groups is 1. The van der Waals surface area contributed by atoms with Gasteiger partial charge in [0.2, 0.25) is 11.8 Å². The minimum atomic E-state index is -1.16. The number of phenolic OH excluding ortho intramolecular Hbond substituents is 1. The van der Waals surface area contributed by atoms with Crippen LogP contribution in [0.1, 0.15) is 57.1 Å². The summed E-state index contributed by atoms with van der Waals surface area (Å²) in [6.45, 7) is 3.69. The zero-order valence-electron chi connectivity index (χ0n) is 23.0. The van der Waals surface area contributed by atoms with Crippen LogP contribution >= 0.6 is 0 Å². The Kier molecular flexibility index (Phi) is 13.0. The third-order valence-corrected chi connectivity index (χ3v) is 6.34. The maximum absolute atomic E-state index is 13.0. The van der Waals surface area contributed by atoms with Crippen molar-refractivity contribution in [3.63, 3.8) is 0 Å². The summed E-state index contributed by atoms with van der Waals surface area (Å²) >= 11 is 0. The van der Waals surface area contributed by atoms with Gasteiger partial charge in [-0.15, -0.1) is 0 Å². The molecule has 2 rings (SSSR count). The topological polar surface area (TPSA) is 176 Å². The average Bonchev–Trinajstić information content (AvgIpc) is 2.91. The Morgan fingerprint density at radius 1 is 0.775 bits per heavy atom. The molecule has 6 N–H and O–H groups in total. The Bertz CT molecular complexity index is 1150. The highest BCUT2D eigenvalue weighted by molar-refractivity contribution is 5.93. The van der Waals surface area contributed by atoms with E-state index in [1.54, 1.807) is 36.4 Å². The summed E-state index contributed by atoms with van der Waals surface area (Å²) in [5.74, 6) is -2.73. The predicted octanol–water partition coefficient (Wildman–Crippen LogP) is 2.30. The molecule has 2 amide bonds. The Balaban J connectivity index is 1.88. The van der Waals surface area contributed by atoms with Gasteiger partial charge in [0.1, 0.15) is 29.4 Å². The first kappa shape index (κ1) is 32.2. The molecule has 0 saturated heterocycles. The summed E-state index contributed by atoms with van der Waals surface area (Å²) < 4.78 is 0. The normalized spacial score (nSPS) is 13.2. The van der Waals surface area contributed by atoms with Crippen molar-refractivity contribution in [1.82, 2.24) is 10.6 Å². The molecule has 0 spiro atoms. The lowest BCUT2D eigenvalue weighted by molar-refractivity contribution is -0.142. The number of carbonyl (C=O) groups excluding carboxylic acids is 4. The highest BCUT2D eigenvalue weighted by atomic mass is 16.4. The number of rotatable bonds is 17. The maximum Gasteiger partial charge on any atom is 0.326 e. The van der Waals surface area contributed by atoms with Crippen molar-refractivity contribution in [1.29, 1.82) is 0 Å². The average molecular weight is 554 g/mol. The number of carboxylic acids is 1. The molecule has 10 heteroatoms. The van der Waals surface area contributed by atoms with E-state index in [1.807, 2.05) is 19.9 Å². The summed E-state index contributed by atoms with van der Waals surface area (Å²) in [5.41, 5.74) is 7.52. The Labute approximate surface area is 234 Å². The molecule has 2 aromatic rings. The fraction of sp³-hybridized carbons (Fsp3) is 0.433. The molecule has 0 aliphatic carbocycles. The zero-order chi connectivity index (χ0) is 29.7. The van der Waals surface area contributed by atoms with E-state index in [-0.39, 0.29) is 68.2 Å². The number of Topliss-reactive ketones (excluding diaryl/α,β-unsaturated/α-hetero) is 2. The number of amides is 2. The lowest BCUT2D eigenvalue weighted by atomic mass is 9.98. The molecule has 0 aliphatic rings. The van der Waals surface area contributed by atoms with Crippen molar-refractivity contribution >= 4 is 29.4 Å². The molecule has 0 aromatic heterocycles. The number of nitrogens with one attached hydrogen (secondary N) is 2. The highest BCUT2D eigenvalue weighted by Gasteiger charge is 2.27. The summed E-state index contributed by atoms with van der Waals surface area (Å²) in [4.78, 5) is 62.0. The summed E-state index contributed by atoms with van der Waals surface area (Å²) in [5, 5.41) is 24.0. The third-order valence-electron chi connectivity index (χ3n) is 6.34. The van der Waals surface area contributed by atoms with Crippen molar-refractivity contribution < 1.29 is 34.2 Å².